The molecule has 0 spiro atoms. The highest BCUT2D eigenvalue weighted by Gasteiger charge is 2.23. The standard InChI is InChI=1S/C48H28N4O/c1-2-14-29(15-3-1)51-38-23-11-7-19-33(38)45-40(51)26-27-41-46(45)34-20-8-12-24-39(34)52(41)48-49-37-22-10-6-18-32(37)47(50-48)36-28-43-44(31-17-5-4-16-30(31)36)35-21-9-13-25-42(35)53-43/h1-28H. The van der Waals surface area contributed by atoms with E-state index in [0.29, 0.717) is 5.95 Å². The number of rotatable bonds is 3. The number of hydrogen-bond acceptors (Lipinski definition) is 3. The van der Waals surface area contributed by atoms with Crippen LogP contribution in [0.2, 0.25) is 0 Å². The van der Waals surface area contributed by atoms with E-state index in [0.717, 1.165) is 77.0 Å². The van der Waals surface area contributed by atoms with E-state index < -0.39 is 0 Å². The number of benzene rings is 8. The Morgan fingerprint density at radius 1 is 0.377 bits per heavy atom. The zero-order valence-electron chi connectivity index (χ0n) is 28.4. The maximum atomic E-state index is 6.51. The normalized spacial score (nSPS) is 12.2. The quantitative estimate of drug-likeness (QED) is 0.187. The number of hydrogen-bond donors (Lipinski definition) is 0. The number of nitrogens with zero attached hydrogens (tertiary/aromatic N) is 4. The molecule has 0 aliphatic rings. The molecule has 4 aromatic heterocycles. The summed E-state index contributed by atoms with van der Waals surface area (Å²) in [5.41, 5.74) is 10.1. The largest absolute Gasteiger partial charge is 0.456 e. The van der Waals surface area contributed by atoms with Crippen LogP contribution in [0.15, 0.2) is 174 Å². The summed E-state index contributed by atoms with van der Waals surface area (Å²) in [4.78, 5) is 10.8. The molecule has 246 valence electrons. The van der Waals surface area contributed by atoms with Crippen LogP contribution in [0.4, 0.5) is 0 Å². The van der Waals surface area contributed by atoms with Gasteiger partial charge in [0.15, 0.2) is 0 Å². The third-order valence-electron chi connectivity index (χ3n) is 10.9. The van der Waals surface area contributed by atoms with Crippen molar-refractivity contribution >= 4 is 87.2 Å². The molecule has 0 saturated heterocycles. The van der Waals surface area contributed by atoms with E-state index in [9.17, 15) is 0 Å². The van der Waals surface area contributed by atoms with Gasteiger partial charge in [0.2, 0.25) is 5.95 Å². The molecule has 12 aromatic rings. The number of para-hydroxylation sites is 5. The van der Waals surface area contributed by atoms with Gasteiger partial charge in [0, 0.05) is 49.0 Å². The third-order valence-corrected chi connectivity index (χ3v) is 10.9. The molecule has 12 rings (SSSR count). The summed E-state index contributed by atoms with van der Waals surface area (Å²) in [5, 5.41) is 10.3. The van der Waals surface area contributed by atoms with E-state index in [2.05, 4.69) is 167 Å². The van der Waals surface area contributed by atoms with Crippen molar-refractivity contribution in [1.82, 2.24) is 19.1 Å². The van der Waals surface area contributed by atoms with E-state index in [1.54, 1.807) is 0 Å². The molecule has 0 N–H and O–H groups in total. The maximum absolute atomic E-state index is 6.51. The first-order chi connectivity index (χ1) is 26.3. The van der Waals surface area contributed by atoms with Crippen LogP contribution in [-0.2, 0) is 0 Å². The van der Waals surface area contributed by atoms with Crippen molar-refractivity contribution in [2.75, 3.05) is 0 Å². The second-order valence-electron chi connectivity index (χ2n) is 13.7. The van der Waals surface area contributed by atoms with Gasteiger partial charge in [-0.25, -0.2) is 9.97 Å². The summed E-state index contributed by atoms with van der Waals surface area (Å²) in [6, 6.07) is 59.9. The van der Waals surface area contributed by atoms with Crippen LogP contribution in [0.1, 0.15) is 0 Å². The zero-order chi connectivity index (χ0) is 34.6. The van der Waals surface area contributed by atoms with Crippen LogP contribution in [0.25, 0.3) is 110 Å². The SMILES string of the molecule is c1ccc(-n2c3ccccc3c3c4c5ccccc5n(-c5nc(-c6cc7oc8ccccc8c7c7ccccc67)c6ccccc6n5)c4ccc32)cc1. The molecule has 0 aliphatic heterocycles. The summed E-state index contributed by atoms with van der Waals surface area (Å²) in [5.74, 6) is 0.629. The molecule has 0 amide bonds. The van der Waals surface area contributed by atoms with Crippen molar-refractivity contribution in [1.29, 1.82) is 0 Å². The Kier molecular flexibility index (Phi) is 5.71. The van der Waals surface area contributed by atoms with Crippen molar-refractivity contribution < 1.29 is 4.42 Å². The lowest BCUT2D eigenvalue weighted by molar-refractivity contribution is 0.669. The minimum Gasteiger partial charge on any atom is -0.456 e. The van der Waals surface area contributed by atoms with Crippen molar-refractivity contribution in [3.05, 3.63) is 170 Å². The van der Waals surface area contributed by atoms with Crippen LogP contribution in [0.5, 0.6) is 0 Å². The van der Waals surface area contributed by atoms with Gasteiger partial charge in [-0.1, -0.05) is 115 Å². The predicted molar refractivity (Wildman–Crippen MR) is 218 cm³/mol. The highest BCUT2D eigenvalue weighted by Crippen LogP contribution is 2.44. The van der Waals surface area contributed by atoms with Gasteiger partial charge in [-0.2, -0.15) is 0 Å². The van der Waals surface area contributed by atoms with Gasteiger partial charge in [-0.3, -0.25) is 4.57 Å². The Balaban J connectivity index is 1.20. The van der Waals surface area contributed by atoms with E-state index in [1.165, 1.54) is 27.2 Å². The van der Waals surface area contributed by atoms with Crippen LogP contribution in [-0.4, -0.2) is 19.1 Å². The molecule has 0 fully saturated rings. The summed E-state index contributed by atoms with van der Waals surface area (Å²) in [6.07, 6.45) is 0. The summed E-state index contributed by atoms with van der Waals surface area (Å²) in [7, 11) is 0. The van der Waals surface area contributed by atoms with Gasteiger partial charge in [0.1, 0.15) is 11.2 Å². The molecule has 0 unspecified atom stereocenters. The molecular weight excluding hydrogens is 649 g/mol. The van der Waals surface area contributed by atoms with Gasteiger partial charge in [-0.05, 0) is 65.4 Å². The van der Waals surface area contributed by atoms with Crippen molar-refractivity contribution in [3.63, 3.8) is 0 Å². The lowest BCUT2D eigenvalue weighted by Gasteiger charge is -2.14. The summed E-state index contributed by atoms with van der Waals surface area (Å²) in [6.45, 7) is 0. The Hall–Kier alpha value is -7.24. The number of fused-ring (bicyclic) bond motifs is 13. The Bertz CT molecular complexity index is 3460. The van der Waals surface area contributed by atoms with E-state index in [4.69, 9.17) is 14.4 Å². The summed E-state index contributed by atoms with van der Waals surface area (Å²) >= 11 is 0. The molecule has 0 radical (unpaired) electrons. The van der Waals surface area contributed by atoms with E-state index in [1.807, 2.05) is 12.1 Å². The lowest BCUT2D eigenvalue weighted by atomic mass is 9.96. The highest BCUT2D eigenvalue weighted by atomic mass is 16.3. The second kappa shape index (κ2) is 10.6. The monoisotopic (exact) mass is 676 g/mol. The average molecular weight is 677 g/mol. The van der Waals surface area contributed by atoms with Crippen molar-refractivity contribution in [2.24, 2.45) is 0 Å². The average Bonchev–Trinajstić information content (AvgIpc) is 3.88. The first-order valence-electron chi connectivity index (χ1n) is 17.9. The molecule has 5 nitrogen and oxygen atoms in total. The molecule has 53 heavy (non-hydrogen) atoms. The number of furan rings is 1. The molecule has 0 atom stereocenters. The van der Waals surface area contributed by atoms with Gasteiger partial charge in [0.05, 0.1) is 33.3 Å². The molecule has 8 aromatic carbocycles. The lowest BCUT2D eigenvalue weighted by Crippen LogP contribution is -2.03. The predicted octanol–water partition coefficient (Wildman–Crippen LogP) is 12.5. The molecule has 5 heteroatoms. The van der Waals surface area contributed by atoms with Gasteiger partial charge in [0.25, 0.3) is 0 Å². The third kappa shape index (κ3) is 3.91. The molecule has 0 bridgehead atoms. The zero-order valence-corrected chi connectivity index (χ0v) is 28.4. The smallest absolute Gasteiger partial charge is 0.235 e. The fourth-order valence-electron chi connectivity index (χ4n) is 8.74. The van der Waals surface area contributed by atoms with Crippen LogP contribution < -0.4 is 0 Å². The van der Waals surface area contributed by atoms with E-state index >= 15 is 0 Å². The van der Waals surface area contributed by atoms with Crippen LogP contribution >= 0.6 is 0 Å². The van der Waals surface area contributed by atoms with Crippen LogP contribution in [0.3, 0.4) is 0 Å². The number of aromatic nitrogens is 4. The Labute approximate surface area is 302 Å². The van der Waals surface area contributed by atoms with Gasteiger partial charge in [-0.15, -0.1) is 0 Å². The molecule has 0 saturated carbocycles. The van der Waals surface area contributed by atoms with Gasteiger partial charge < -0.3 is 8.98 Å². The van der Waals surface area contributed by atoms with E-state index in [-0.39, 0.29) is 0 Å². The first kappa shape index (κ1) is 28.5. The first-order valence-corrected chi connectivity index (χ1v) is 17.9. The highest BCUT2D eigenvalue weighted by molar-refractivity contribution is 6.29. The van der Waals surface area contributed by atoms with Crippen molar-refractivity contribution in [3.8, 4) is 22.9 Å². The fourth-order valence-corrected chi connectivity index (χ4v) is 8.74. The molecule has 4 heterocycles. The summed E-state index contributed by atoms with van der Waals surface area (Å²) < 4.78 is 11.1. The Morgan fingerprint density at radius 2 is 0.943 bits per heavy atom. The fraction of sp³-hybridized carbons (Fsp3) is 0. The minimum atomic E-state index is 0.629. The Morgan fingerprint density at radius 3 is 1.70 bits per heavy atom. The second-order valence-corrected chi connectivity index (χ2v) is 13.7. The maximum Gasteiger partial charge on any atom is 0.235 e. The topological polar surface area (TPSA) is 48.8 Å². The minimum absolute atomic E-state index is 0.629. The molecular formula is C48H28N4O. The van der Waals surface area contributed by atoms with Crippen LogP contribution in [0, 0.1) is 0 Å². The van der Waals surface area contributed by atoms with Crippen molar-refractivity contribution in [2.45, 2.75) is 0 Å². The molecule has 0 aliphatic carbocycles. The van der Waals surface area contributed by atoms with Gasteiger partial charge >= 0.3 is 0 Å².